The second-order valence-corrected chi connectivity index (χ2v) is 5.02. The van der Waals surface area contributed by atoms with Crippen LogP contribution < -0.4 is 5.32 Å². The summed E-state index contributed by atoms with van der Waals surface area (Å²) in [6.07, 6.45) is 0.552. The summed E-state index contributed by atoms with van der Waals surface area (Å²) < 4.78 is 13.2. The van der Waals surface area contributed by atoms with Gasteiger partial charge in [0.1, 0.15) is 5.82 Å². The van der Waals surface area contributed by atoms with E-state index in [4.69, 9.17) is 0 Å². The molecular weight excluding hydrogens is 241 g/mol. The maximum absolute atomic E-state index is 13.2. The van der Waals surface area contributed by atoms with Crippen LogP contribution in [0.2, 0.25) is 0 Å². The van der Waals surface area contributed by atoms with Crippen LogP contribution in [0.15, 0.2) is 54.6 Å². The second-order valence-electron chi connectivity index (χ2n) is 5.02. The second kappa shape index (κ2) is 5.85. The number of halogens is 1. The quantitative estimate of drug-likeness (QED) is 0.864. The van der Waals surface area contributed by atoms with Gasteiger partial charge in [-0.05, 0) is 43.2 Å². The summed E-state index contributed by atoms with van der Waals surface area (Å²) in [6.45, 7) is 1.89. The Hall–Kier alpha value is -1.87. The number of anilines is 1. The molecule has 0 aromatic heterocycles. The molecule has 19 heavy (non-hydrogen) atoms. The van der Waals surface area contributed by atoms with Crippen molar-refractivity contribution >= 4 is 5.69 Å². The predicted octanol–water partition coefficient (Wildman–Crippen LogP) is 3.23. The monoisotopic (exact) mass is 259 g/mol. The van der Waals surface area contributed by atoms with Gasteiger partial charge in [-0.15, -0.1) is 0 Å². The van der Waals surface area contributed by atoms with E-state index >= 15 is 0 Å². The summed E-state index contributed by atoms with van der Waals surface area (Å²) in [4.78, 5) is 0. The van der Waals surface area contributed by atoms with Crippen LogP contribution >= 0.6 is 0 Å². The average molecular weight is 259 g/mol. The number of hydrogen-bond acceptors (Lipinski definition) is 2. The molecule has 0 aliphatic heterocycles. The summed E-state index contributed by atoms with van der Waals surface area (Å²) in [5.74, 6) is -0.252. The Labute approximate surface area is 112 Å². The lowest BCUT2D eigenvalue weighted by Crippen LogP contribution is -2.41. The molecule has 1 atom stereocenters. The van der Waals surface area contributed by atoms with Gasteiger partial charge in [-0.3, -0.25) is 0 Å². The molecule has 3 heteroatoms. The molecule has 2 aromatic rings. The molecule has 0 saturated carbocycles. The molecule has 2 aromatic carbocycles. The van der Waals surface area contributed by atoms with Crippen LogP contribution in [0.3, 0.4) is 0 Å². The van der Waals surface area contributed by atoms with Crippen molar-refractivity contribution in [2.45, 2.75) is 18.9 Å². The van der Waals surface area contributed by atoms with E-state index < -0.39 is 5.54 Å². The number of hydrogen-bond donors (Lipinski definition) is 2. The van der Waals surface area contributed by atoms with Crippen molar-refractivity contribution in [2.75, 3.05) is 11.9 Å². The van der Waals surface area contributed by atoms with Gasteiger partial charge in [0.2, 0.25) is 0 Å². The van der Waals surface area contributed by atoms with Crippen LogP contribution in [0, 0.1) is 5.82 Å². The molecule has 2 nitrogen and oxygen atoms in total. The van der Waals surface area contributed by atoms with Crippen molar-refractivity contribution in [3.05, 3.63) is 66.0 Å². The number of nitrogens with one attached hydrogen (secondary N) is 1. The summed E-state index contributed by atoms with van der Waals surface area (Å²) >= 11 is 0. The lowest BCUT2D eigenvalue weighted by Gasteiger charge is -2.30. The molecule has 0 amide bonds. The van der Waals surface area contributed by atoms with Gasteiger partial charge < -0.3 is 10.4 Å². The summed E-state index contributed by atoms with van der Waals surface area (Å²) in [7, 11) is 0. The van der Waals surface area contributed by atoms with E-state index in [9.17, 15) is 9.50 Å². The fourth-order valence-corrected chi connectivity index (χ4v) is 2.11. The average Bonchev–Trinajstić information content (AvgIpc) is 2.40. The molecule has 0 heterocycles. The van der Waals surface area contributed by atoms with E-state index in [2.05, 4.69) is 5.32 Å². The van der Waals surface area contributed by atoms with Gasteiger partial charge in [0.25, 0.3) is 0 Å². The third-order valence-corrected chi connectivity index (χ3v) is 3.05. The molecule has 0 radical (unpaired) electrons. The zero-order chi connectivity index (χ0) is 13.7. The van der Waals surface area contributed by atoms with E-state index in [0.29, 0.717) is 6.42 Å². The third-order valence-electron chi connectivity index (χ3n) is 3.05. The topological polar surface area (TPSA) is 32.3 Å². The molecule has 0 bridgehead atoms. The van der Waals surface area contributed by atoms with Gasteiger partial charge in [0, 0.05) is 5.69 Å². The Balaban J connectivity index is 2.14. The van der Waals surface area contributed by atoms with Crippen molar-refractivity contribution in [1.82, 2.24) is 0 Å². The van der Waals surface area contributed by atoms with Crippen molar-refractivity contribution in [2.24, 2.45) is 0 Å². The van der Waals surface area contributed by atoms with Gasteiger partial charge in [0.15, 0.2) is 0 Å². The van der Waals surface area contributed by atoms with E-state index in [0.717, 1.165) is 11.3 Å². The minimum absolute atomic E-state index is 0.0294. The van der Waals surface area contributed by atoms with Crippen molar-refractivity contribution in [3.8, 4) is 0 Å². The minimum Gasteiger partial charge on any atom is -0.394 e. The fourth-order valence-electron chi connectivity index (χ4n) is 2.11. The Morgan fingerprint density at radius 3 is 2.47 bits per heavy atom. The zero-order valence-corrected chi connectivity index (χ0v) is 10.9. The maximum atomic E-state index is 13.2. The maximum Gasteiger partial charge on any atom is 0.123 e. The first kappa shape index (κ1) is 13.6. The molecule has 100 valence electrons. The van der Waals surface area contributed by atoms with Crippen LogP contribution in [0.4, 0.5) is 10.1 Å². The molecular formula is C16H18FNO. The van der Waals surface area contributed by atoms with Crippen LogP contribution in [0.25, 0.3) is 0 Å². The first-order valence-electron chi connectivity index (χ1n) is 6.30. The molecule has 0 fully saturated rings. The molecule has 0 aliphatic carbocycles. The molecule has 0 saturated heterocycles. The highest BCUT2D eigenvalue weighted by Crippen LogP contribution is 2.20. The van der Waals surface area contributed by atoms with Gasteiger partial charge in [-0.2, -0.15) is 0 Å². The minimum atomic E-state index is -0.519. The highest BCUT2D eigenvalue weighted by atomic mass is 19.1. The first-order chi connectivity index (χ1) is 9.11. The van der Waals surface area contributed by atoms with E-state index in [1.807, 2.05) is 43.3 Å². The number of para-hydroxylation sites is 1. The van der Waals surface area contributed by atoms with Gasteiger partial charge in [-0.1, -0.05) is 30.3 Å². The highest BCUT2D eigenvalue weighted by Gasteiger charge is 2.23. The summed E-state index contributed by atoms with van der Waals surface area (Å²) in [5.41, 5.74) is 1.28. The van der Waals surface area contributed by atoms with Crippen molar-refractivity contribution < 1.29 is 9.50 Å². The molecule has 1 unspecified atom stereocenters. The third kappa shape index (κ3) is 3.80. The van der Waals surface area contributed by atoms with Crippen LogP contribution in [-0.4, -0.2) is 17.3 Å². The lowest BCUT2D eigenvalue weighted by atomic mass is 9.93. The Bertz CT molecular complexity index is 529. The number of aliphatic hydroxyl groups is 1. The van der Waals surface area contributed by atoms with Gasteiger partial charge in [-0.25, -0.2) is 4.39 Å². The largest absolute Gasteiger partial charge is 0.394 e. The van der Waals surface area contributed by atoms with Crippen molar-refractivity contribution in [3.63, 3.8) is 0 Å². The lowest BCUT2D eigenvalue weighted by molar-refractivity contribution is 0.222. The van der Waals surface area contributed by atoms with Gasteiger partial charge >= 0.3 is 0 Å². The van der Waals surface area contributed by atoms with Crippen LogP contribution in [0.1, 0.15) is 12.5 Å². The Morgan fingerprint density at radius 2 is 1.84 bits per heavy atom. The van der Waals surface area contributed by atoms with Gasteiger partial charge in [0.05, 0.1) is 12.1 Å². The Kier molecular flexibility index (Phi) is 4.17. The normalized spacial score (nSPS) is 13.8. The van der Waals surface area contributed by atoms with Crippen molar-refractivity contribution in [1.29, 1.82) is 0 Å². The van der Waals surface area contributed by atoms with Crippen LogP contribution in [-0.2, 0) is 6.42 Å². The smallest absolute Gasteiger partial charge is 0.123 e. The van der Waals surface area contributed by atoms with E-state index in [-0.39, 0.29) is 12.4 Å². The zero-order valence-electron chi connectivity index (χ0n) is 10.9. The molecule has 2 N–H and O–H groups in total. The SMILES string of the molecule is CC(CO)(Cc1cccc(F)c1)Nc1ccccc1. The highest BCUT2D eigenvalue weighted by molar-refractivity contribution is 5.45. The van der Waals surface area contributed by atoms with E-state index in [1.165, 1.54) is 12.1 Å². The Morgan fingerprint density at radius 1 is 1.11 bits per heavy atom. The molecule has 0 aliphatic rings. The first-order valence-corrected chi connectivity index (χ1v) is 6.30. The van der Waals surface area contributed by atoms with Crippen LogP contribution in [0.5, 0.6) is 0 Å². The fraction of sp³-hybridized carbons (Fsp3) is 0.250. The molecule has 2 rings (SSSR count). The van der Waals surface area contributed by atoms with E-state index in [1.54, 1.807) is 6.07 Å². The summed E-state index contributed by atoms with van der Waals surface area (Å²) in [6, 6.07) is 16.2. The molecule has 0 spiro atoms. The summed E-state index contributed by atoms with van der Waals surface area (Å²) in [5, 5.41) is 12.9. The predicted molar refractivity (Wildman–Crippen MR) is 75.7 cm³/mol. The standard InChI is InChI=1S/C16H18FNO/c1-16(12-19,18-15-8-3-2-4-9-15)11-13-6-5-7-14(17)10-13/h2-10,18-19H,11-12H2,1H3. The number of rotatable bonds is 5. The number of benzene rings is 2. The number of aliphatic hydroxyl groups excluding tert-OH is 1.